The zero-order valence-corrected chi connectivity index (χ0v) is 7.40. The summed E-state index contributed by atoms with van der Waals surface area (Å²) in [5.74, 6) is -1.20. The van der Waals surface area contributed by atoms with Gasteiger partial charge in [0.15, 0.2) is 0 Å². The number of rotatable bonds is 2. The summed E-state index contributed by atoms with van der Waals surface area (Å²) in [6.07, 6.45) is 2.28. The molecule has 0 spiro atoms. The molecule has 1 rings (SSSR count). The molecule has 0 aliphatic carbocycles. The van der Waals surface area contributed by atoms with Gasteiger partial charge >= 0.3 is 5.97 Å². The molecular formula is C8H14N2O3. The van der Waals surface area contributed by atoms with E-state index in [0.717, 1.165) is 12.8 Å². The Morgan fingerprint density at radius 1 is 1.46 bits per heavy atom. The first-order valence-electron chi connectivity index (χ1n) is 4.39. The molecule has 0 aromatic heterocycles. The highest BCUT2D eigenvalue weighted by Crippen LogP contribution is 2.16. The van der Waals surface area contributed by atoms with E-state index in [1.807, 2.05) is 0 Å². The number of carbonyl (C=O) groups excluding carboxylic acids is 1. The molecule has 3 N–H and O–H groups in total. The summed E-state index contributed by atoms with van der Waals surface area (Å²) in [5.41, 5.74) is 5.18. The van der Waals surface area contributed by atoms with Gasteiger partial charge in [0.05, 0.1) is 6.54 Å². The molecule has 1 heterocycles. The first-order chi connectivity index (χ1) is 6.16. The third kappa shape index (κ3) is 2.18. The van der Waals surface area contributed by atoms with Gasteiger partial charge in [0.25, 0.3) is 0 Å². The Morgan fingerprint density at radius 3 is 2.69 bits per heavy atom. The largest absolute Gasteiger partial charge is 0.480 e. The van der Waals surface area contributed by atoms with Crippen LogP contribution in [0.15, 0.2) is 0 Å². The molecule has 1 atom stereocenters. The second-order valence-corrected chi connectivity index (χ2v) is 3.14. The number of carboxylic acids is 1. The zero-order chi connectivity index (χ0) is 9.84. The second kappa shape index (κ2) is 4.23. The number of piperidine rings is 1. The Bertz CT molecular complexity index is 217. The number of hydrogen-bond acceptors (Lipinski definition) is 3. The molecule has 1 saturated heterocycles. The predicted octanol–water partition coefficient (Wildman–Crippen LogP) is -0.589. The van der Waals surface area contributed by atoms with E-state index in [1.165, 1.54) is 4.90 Å². The van der Waals surface area contributed by atoms with Crippen molar-refractivity contribution >= 4 is 11.9 Å². The van der Waals surface area contributed by atoms with Crippen LogP contribution in [0.25, 0.3) is 0 Å². The van der Waals surface area contributed by atoms with Crippen molar-refractivity contribution in [1.82, 2.24) is 4.90 Å². The third-order valence-electron chi connectivity index (χ3n) is 2.28. The van der Waals surface area contributed by atoms with Crippen molar-refractivity contribution in [3.8, 4) is 0 Å². The Kier molecular flexibility index (Phi) is 3.25. The predicted molar refractivity (Wildman–Crippen MR) is 46.0 cm³/mol. The normalized spacial score (nSPS) is 22.8. The maximum atomic E-state index is 11.2. The van der Waals surface area contributed by atoms with E-state index in [4.69, 9.17) is 10.8 Å². The maximum absolute atomic E-state index is 11.2. The van der Waals surface area contributed by atoms with Crippen LogP contribution in [0.4, 0.5) is 0 Å². The molecule has 0 bridgehead atoms. The average Bonchev–Trinajstić information content (AvgIpc) is 2.16. The number of likely N-dealkylation sites (tertiary alicyclic amines) is 1. The van der Waals surface area contributed by atoms with Gasteiger partial charge in [-0.25, -0.2) is 4.79 Å². The summed E-state index contributed by atoms with van der Waals surface area (Å²) in [5, 5.41) is 8.82. The Balaban J connectivity index is 2.67. The molecule has 0 saturated carbocycles. The van der Waals surface area contributed by atoms with Crippen molar-refractivity contribution in [2.75, 3.05) is 13.1 Å². The average molecular weight is 186 g/mol. The van der Waals surface area contributed by atoms with Crippen LogP contribution in [-0.2, 0) is 9.59 Å². The number of carboxylic acid groups (broad SMARTS) is 1. The number of amides is 1. The van der Waals surface area contributed by atoms with Crippen LogP contribution in [0, 0.1) is 0 Å². The molecule has 5 nitrogen and oxygen atoms in total. The first kappa shape index (κ1) is 9.98. The lowest BCUT2D eigenvalue weighted by atomic mass is 10.0. The summed E-state index contributed by atoms with van der Waals surface area (Å²) in [4.78, 5) is 23.3. The summed E-state index contributed by atoms with van der Waals surface area (Å²) >= 11 is 0. The Labute approximate surface area is 76.5 Å². The van der Waals surface area contributed by atoms with Gasteiger partial charge in [-0.1, -0.05) is 0 Å². The standard InChI is InChI=1S/C8H14N2O3/c9-5-7(11)10-4-2-1-3-6(10)8(12)13/h6H,1-5,9H2,(H,12,13)/t6-/m0/s1. The van der Waals surface area contributed by atoms with Crippen molar-refractivity contribution < 1.29 is 14.7 Å². The van der Waals surface area contributed by atoms with Crippen LogP contribution in [0.5, 0.6) is 0 Å². The lowest BCUT2D eigenvalue weighted by Gasteiger charge is -2.32. The van der Waals surface area contributed by atoms with Gasteiger partial charge < -0.3 is 15.7 Å². The molecule has 0 unspecified atom stereocenters. The SMILES string of the molecule is NCC(=O)N1CCCC[C@H]1C(=O)O. The number of nitrogens with two attached hydrogens (primary N) is 1. The molecule has 1 aliphatic heterocycles. The highest BCUT2D eigenvalue weighted by molar-refractivity contribution is 5.84. The fraction of sp³-hybridized carbons (Fsp3) is 0.750. The number of nitrogens with zero attached hydrogens (tertiary/aromatic N) is 1. The van der Waals surface area contributed by atoms with Crippen LogP contribution in [-0.4, -0.2) is 41.0 Å². The molecular weight excluding hydrogens is 172 g/mol. The van der Waals surface area contributed by atoms with Crippen LogP contribution >= 0.6 is 0 Å². The van der Waals surface area contributed by atoms with E-state index in [-0.39, 0.29) is 12.5 Å². The molecule has 1 fully saturated rings. The Hall–Kier alpha value is -1.10. The summed E-state index contributed by atoms with van der Waals surface area (Å²) in [7, 11) is 0. The second-order valence-electron chi connectivity index (χ2n) is 3.14. The zero-order valence-electron chi connectivity index (χ0n) is 7.40. The highest BCUT2D eigenvalue weighted by Gasteiger charge is 2.30. The van der Waals surface area contributed by atoms with E-state index < -0.39 is 12.0 Å². The number of aliphatic carboxylic acids is 1. The lowest BCUT2D eigenvalue weighted by Crippen LogP contribution is -2.50. The first-order valence-corrected chi connectivity index (χ1v) is 4.39. The minimum absolute atomic E-state index is 0.107. The van der Waals surface area contributed by atoms with Crippen LogP contribution < -0.4 is 5.73 Å². The van der Waals surface area contributed by atoms with Crippen molar-refractivity contribution in [2.45, 2.75) is 25.3 Å². The van der Waals surface area contributed by atoms with Crippen molar-refractivity contribution in [2.24, 2.45) is 5.73 Å². The van der Waals surface area contributed by atoms with Gasteiger partial charge in [-0.05, 0) is 19.3 Å². The summed E-state index contributed by atoms with van der Waals surface area (Å²) in [6.45, 7) is 0.413. The van der Waals surface area contributed by atoms with Crippen molar-refractivity contribution in [3.63, 3.8) is 0 Å². The number of carbonyl (C=O) groups is 2. The lowest BCUT2D eigenvalue weighted by molar-refractivity contribution is -0.151. The molecule has 1 aliphatic rings. The van der Waals surface area contributed by atoms with E-state index >= 15 is 0 Å². The van der Waals surface area contributed by atoms with Gasteiger partial charge in [0.2, 0.25) is 5.91 Å². The fourth-order valence-corrected chi connectivity index (χ4v) is 1.60. The molecule has 1 amide bonds. The maximum Gasteiger partial charge on any atom is 0.326 e. The fourth-order valence-electron chi connectivity index (χ4n) is 1.60. The monoisotopic (exact) mass is 186 g/mol. The van der Waals surface area contributed by atoms with Gasteiger partial charge in [-0.3, -0.25) is 4.79 Å². The molecule has 0 aromatic rings. The molecule has 0 radical (unpaired) electrons. The van der Waals surface area contributed by atoms with Gasteiger partial charge in [0.1, 0.15) is 6.04 Å². The summed E-state index contributed by atoms with van der Waals surface area (Å²) < 4.78 is 0. The number of hydrogen-bond donors (Lipinski definition) is 2. The van der Waals surface area contributed by atoms with Crippen LogP contribution in [0.1, 0.15) is 19.3 Å². The Morgan fingerprint density at radius 2 is 2.15 bits per heavy atom. The van der Waals surface area contributed by atoms with Gasteiger partial charge in [0, 0.05) is 6.54 Å². The van der Waals surface area contributed by atoms with E-state index in [0.29, 0.717) is 13.0 Å². The minimum Gasteiger partial charge on any atom is -0.480 e. The third-order valence-corrected chi connectivity index (χ3v) is 2.28. The minimum atomic E-state index is -0.929. The van der Waals surface area contributed by atoms with E-state index in [9.17, 15) is 9.59 Å². The van der Waals surface area contributed by atoms with E-state index in [1.54, 1.807) is 0 Å². The van der Waals surface area contributed by atoms with E-state index in [2.05, 4.69) is 0 Å². The van der Waals surface area contributed by atoms with Crippen molar-refractivity contribution in [3.05, 3.63) is 0 Å². The smallest absolute Gasteiger partial charge is 0.326 e. The van der Waals surface area contributed by atoms with Crippen molar-refractivity contribution in [1.29, 1.82) is 0 Å². The quantitative estimate of drug-likeness (QED) is 0.603. The summed E-state index contributed by atoms with van der Waals surface area (Å²) in [6, 6.07) is -0.662. The molecule has 13 heavy (non-hydrogen) atoms. The highest BCUT2D eigenvalue weighted by atomic mass is 16.4. The molecule has 5 heteroatoms. The van der Waals surface area contributed by atoms with Gasteiger partial charge in [-0.15, -0.1) is 0 Å². The molecule has 0 aromatic carbocycles. The van der Waals surface area contributed by atoms with Crippen LogP contribution in [0.3, 0.4) is 0 Å². The molecule has 74 valence electrons. The topological polar surface area (TPSA) is 83.6 Å². The van der Waals surface area contributed by atoms with Crippen LogP contribution in [0.2, 0.25) is 0 Å². The van der Waals surface area contributed by atoms with Gasteiger partial charge in [-0.2, -0.15) is 0 Å².